The molecule has 2 N–H and O–H groups in total. The molecule has 0 radical (unpaired) electrons. The maximum absolute atomic E-state index is 13.9. The van der Waals surface area contributed by atoms with Crippen molar-refractivity contribution >= 4 is 41.6 Å². The van der Waals surface area contributed by atoms with E-state index in [1.165, 1.54) is 6.07 Å². The number of rotatable bonds is 4. The number of aromatic nitrogens is 1. The lowest BCUT2D eigenvalue weighted by Crippen LogP contribution is -2.50. The lowest BCUT2D eigenvalue weighted by Gasteiger charge is -2.34. The Labute approximate surface area is 171 Å². The monoisotopic (exact) mass is 417 g/mol. The Morgan fingerprint density at radius 1 is 1.26 bits per heavy atom. The van der Waals surface area contributed by atoms with Gasteiger partial charge < -0.3 is 15.4 Å². The first-order valence-electron chi connectivity index (χ1n) is 8.71. The number of benzene rings is 1. The van der Waals surface area contributed by atoms with Crippen molar-refractivity contribution in [2.75, 3.05) is 13.1 Å². The molecule has 2 heterocycles. The number of halogens is 3. The standard InChI is InChI=1S/C19H24FN3O2.2ClH/c1-12(2)17(21)19(24)23-10-7-13(8-11-23)25-16-6-5-15(20)14-4-3-9-22-18(14)16;;/h3-6,9,12-13,17H,7-8,10-11,21H2,1-2H3;2*1H/t17-;;/m0../s1. The number of piperidine rings is 1. The molecule has 1 amide bonds. The minimum Gasteiger partial charge on any atom is -0.488 e. The number of hydrogen-bond acceptors (Lipinski definition) is 4. The molecule has 0 bridgehead atoms. The smallest absolute Gasteiger partial charge is 0.239 e. The number of likely N-dealkylation sites (tertiary alicyclic amines) is 1. The lowest BCUT2D eigenvalue weighted by molar-refractivity contribution is -0.135. The molecule has 8 heteroatoms. The van der Waals surface area contributed by atoms with Gasteiger partial charge in [-0.05, 0) is 30.2 Å². The van der Waals surface area contributed by atoms with E-state index >= 15 is 0 Å². The summed E-state index contributed by atoms with van der Waals surface area (Å²) in [6.07, 6.45) is 3.06. The molecule has 2 aromatic rings. The SMILES string of the molecule is CC(C)[C@H](N)C(=O)N1CCC(Oc2ccc(F)c3cccnc23)CC1.Cl.Cl. The third-order valence-electron chi connectivity index (χ3n) is 4.73. The van der Waals surface area contributed by atoms with Gasteiger partial charge in [0.2, 0.25) is 5.91 Å². The molecule has 0 unspecified atom stereocenters. The number of carbonyl (C=O) groups excluding carboxylic acids is 1. The van der Waals surface area contributed by atoms with E-state index in [1.807, 2.05) is 18.7 Å². The second kappa shape index (κ2) is 10.1. The van der Waals surface area contributed by atoms with E-state index < -0.39 is 6.04 Å². The third kappa shape index (κ3) is 5.21. The fraction of sp³-hybridized carbons (Fsp3) is 0.474. The summed E-state index contributed by atoms with van der Waals surface area (Å²) in [5, 5.41) is 0.454. The zero-order valence-corrected chi connectivity index (χ0v) is 17.1. The topological polar surface area (TPSA) is 68.5 Å². The van der Waals surface area contributed by atoms with Crippen LogP contribution in [0.5, 0.6) is 5.75 Å². The number of nitrogens with two attached hydrogens (primary N) is 1. The molecule has 1 aliphatic heterocycles. The van der Waals surface area contributed by atoms with E-state index in [9.17, 15) is 9.18 Å². The van der Waals surface area contributed by atoms with Crippen LogP contribution in [0.1, 0.15) is 26.7 Å². The fourth-order valence-corrected chi connectivity index (χ4v) is 3.08. The van der Waals surface area contributed by atoms with Crippen molar-refractivity contribution in [3.63, 3.8) is 0 Å². The molecular weight excluding hydrogens is 392 g/mol. The lowest BCUT2D eigenvalue weighted by atomic mass is 10.0. The molecule has 1 fully saturated rings. The van der Waals surface area contributed by atoms with Gasteiger partial charge in [0, 0.05) is 37.5 Å². The minimum atomic E-state index is -0.456. The molecule has 1 saturated heterocycles. The minimum absolute atomic E-state index is 0. The number of amides is 1. The molecule has 5 nitrogen and oxygen atoms in total. The van der Waals surface area contributed by atoms with Crippen molar-refractivity contribution < 1.29 is 13.9 Å². The van der Waals surface area contributed by atoms with Gasteiger partial charge in [-0.25, -0.2) is 4.39 Å². The molecular formula is C19H26Cl2FN3O2. The average molecular weight is 418 g/mol. The van der Waals surface area contributed by atoms with Gasteiger partial charge in [0.05, 0.1) is 6.04 Å². The van der Waals surface area contributed by atoms with Crippen molar-refractivity contribution in [2.24, 2.45) is 11.7 Å². The van der Waals surface area contributed by atoms with Gasteiger partial charge >= 0.3 is 0 Å². The molecule has 1 aromatic carbocycles. The van der Waals surface area contributed by atoms with Crippen molar-refractivity contribution in [1.82, 2.24) is 9.88 Å². The summed E-state index contributed by atoms with van der Waals surface area (Å²) in [4.78, 5) is 18.4. The van der Waals surface area contributed by atoms with Gasteiger partial charge in [-0.3, -0.25) is 9.78 Å². The number of carbonyl (C=O) groups is 1. The van der Waals surface area contributed by atoms with Crippen LogP contribution in [0.25, 0.3) is 10.9 Å². The van der Waals surface area contributed by atoms with E-state index in [-0.39, 0.29) is 48.6 Å². The van der Waals surface area contributed by atoms with Crippen LogP contribution in [0.3, 0.4) is 0 Å². The quantitative estimate of drug-likeness (QED) is 0.825. The Hall–Kier alpha value is -1.63. The van der Waals surface area contributed by atoms with Crippen LogP contribution in [-0.2, 0) is 4.79 Å². The van der Waals surface area contributed by atoms with Gasteiger partial charge in [0.25, 0.3) is 0 Å². The van der Waals surface area contributed by atoms with Crippen LogP contribution in [-0.4, -0.2) is 41.0 Å². The molecule has 1 aromatic heterocycles. The van der Waals surface area contributed by atoms with E-state index in [0.29, 0.717) is 29.7 Å². The van der Waals surface area contributed by atoms with Crippen molar-refractivity contribution in [1.29, 1.82) is 0 Å². The van der Waals surface area contributed by atoms with Crippen LogP contribution in [0, 0.1) is 11.7 Å². The average Bonchev–Trinajstić information content (AvgIpc) is 2.63. The molecule has 1 atom stereocenters. The summed E-state index contributed by atoms with van der Waals surface area (Å²) >= 11 is 0. The number of hydrogen-bond donors (Lipinski definition) is 1. The van der Waals surface area contributed by atoms with Gasteiger partial charge in [-0.15, -0.1) is 24.8 Å². The summed E-state index contributed by atoms with van der Waals surface area (Å²) in [5.41, 5.74) is 6.49. The number of nitrogens with zero attached hydrogens (tertiary/aromatic N) is 2. The zero-order valence-electron chi connectivity index (χ0n) is 15.4. The summed E-state index contributed by atoms with van der Waals surface area (Å²) < 4.78 is 19.9. The van der Waals surface area contributed by atoms with E-state index in [0.717, 1.165) is 12.8 Å². The fourth-order valence-electron chi connectivity index (χ4n) is 3.08. The molecule has 27 heavy (non-hydrogen) atoms. The molecule has 150 valence electrons. The molecule has 0 aliphatic carbocycles. The van der Waals surface area contributed by atoms with Crippen LogP contribution in [0.4, 0.5) is 4.39 Å². The Kier molecular flexibility index (Phi) is 8.72. The highest BCUT2D eigenvalue weighted by molar-refractivity contribution is 5.86. The first kappa shape index (κ1) is 23.4. The summed E-state index contributed by atoms with van der Waals surface area (Å²) in [6, 6.07) is 5.97. The van der Waals surface area contributed by atoms with Crippen molar-refractivity contribution in [3.8, 4) is 5.75 Å². The number of fused-ring (bicyclic) bond motifs is 1. The maximum atomic E-state index is 13.9. The van der Waals surface area contributed by atoms with Crippen molar-refractivity contribution in [3.05, 3.63) is 36.3 Å². The summed E-state index contributed by atoms with van der Waals surface area (Å²) in [7, 11) is 0. The van der Waals surface area contributed by atoms with Crippen LogP contribution < -0.4 is 10.5 Å². The Morgan fingerprint density at radius 2 is 1.93 bits per heavy atom. The van der Waals surface area contributed by atoms with Crippen LogP contribution in [0.2, 0.25) is 0 Å². The molecule has 0 spiro atoms. The third-order valence-corrected chi connectivity index (χ3v) is 4.73. The second-order valence-corrected chi connectivity index (χ2v) is 6.86. The second-order valence-electron chi connectivity index (χ2n) is 6.86. The normalized spacial score (nSPS) is 15.8. The summed E-state index contributed by atoms with van der Waals surface area (Å²) in [5.74, 6) is 0.402. The number of ether oxygens (including phenoxy) is 1. The van der Waals surface area contributed by atoms with Gasteiger partial charge in [0.1, 0.15) is 23.2 Å². The number of pyridine rings is 1. The molecule has 3 rings (SSSR count). The van der Waals surface area contributed by atoms with E-state index in [2.05, 4.69) is 4.98 Å². The van der Waals surface area contributed by atoms with E-state index in [1.54, 1.807) is 24.4 Å². The Morgan fingerprint density at radius 3 is 2.56 bits per heavy atom. The highest BCUT2D eigenvalue weighted by Gasteiger charge is 2.28. The van der Waals surface area contributed by atoms with Crippen molar-refractivity contribution in [2.45, 2.75) is 38.8 Å². The van der Waals surface area contributed by atoms with Gasteiger partial charge in [-0.1, -0.05) is 13.8 Å². The van der Waals surface area contributed by atoms with E-state index in [4.69, 9.17) is 10.5 Å². The molecule has 1 aliphatic rings. The predicted molar refractivity (Wildman–Crippen MR) is 109 cm³/mol. The maximum Gasteiger partial charge on any atom is 0.239 e. The Bertz CT molecular complexity index is 768. The molecule has 0 saturated carbocycles. The van der Waals surface area contributed by atoms with Gasteiger partial charge in [0.15, 0.2) is 0 Å². The highest BCUT2D eigenvalue weighted by atomic mass is 35.5. The first-order chi connectivity index (χ1) is 12.0. The summed E-state index contributed by atoms with van der Waals surface area (Å²) in [6.45, 7) is 5.14. The van der Waals surface area contributed by atoms with Gasteiger partial charge in [-0.2, -0.15) is 0 Å². The highest BCUT2D eigenvalue weighted by Crippen LogP contribution is 2.28. The zero-order chi connectivity index (χ0) is 18.0. The first-order valence-corrected chi connectivity index (χ1v) is 8.71. The Balaban J connectivity index is 0.00000182. The predicted octanol–water partition coefficient (Wildman–Crippen LogP) is 3.57. The van der Waals surface area contributed by atoms with Crippen LogP contribution in [0.15, 0.2) is 30.5 Å². The largest absolute Gasteiger partial charge is 0.488 e. The van der Waals surface area contributed by atoms with Crippen LogP contribution >= 0.6 is 24.8 Å².